The van der Waals surface area contributed by atoms with E-state index in [1.807, 2.05) is 25.1 Å². The Morgan fingerprint density at radius 2 is 2.02 bits per heavy atom. The van der Waals surface area contributed by atoms with E-state index in [0.29, 0.717) is 36.7 Å². The second-order valence-electron chi connectivity index (χ2n) is 11.1. The molecule has 3 aliphatic heterocycles. The van der Waals surface area contributed by atoms with Gasteiger partial charge in [-0.1, -0.05) is 42.8 Å². The number of para-hydroxylation sites is 1. The number of unbranched alkanes of at least 4 members (excludes halogenated alkanes) is 3. The molecule has 40 heavy (non-hydrogen) atoms. The predicted molar refractivity (Wildman–Crippen MR) is 160 cm³/mol. The SMILES string of the molecule is C=CCCCCOC(=O)[C@@H]1[C@H]2C(=O)N(CCCCO)C(C(=O)N(CC=C)c3c(C)cccc3Cl)C23S[C@@H]1CC3C. The second-order valence-corrected chi connectivity index (χ2v) is 13.1. The van der Waals surface area contributed by atoms with Gasteiger partial charge in [0.1, 0.15) is 6.04 Å². The van der Waals surface area contributed by atoms with Gasteiger partial charge in [0.05, 0.1) is 33.9 Å². The van der Waals surface area contributed by atoms with Crippen LogP contribution < -0.4 is 4.90 Å². The standard InChI is InChI=1S/C31H41ClN2O5S/c1-5-7-8-11-18-39-30(38)24-23-19-21(4)31(40-23)25(24)28(36)34(16-9-10-17-35)27(31)29(37)33(15-6-2)26-20(3)13-12-14-22(26)32/h5-6,12-14,21,23-25,27,35H,1-2,7-11,15-19H2,3-4H3/t21?,23-,24+,25+,27?,31?/m1/s1. The summed E-state index contributed by atoms with van der Waals surface area (Å²) in [6, 6.07) is 4.74. The Bertz CT molecular complexity index is 1120. The van der Waals surface area contributed by atoms with Gasteiger partial charge in [-0.2, -0.15) is 0 Å². The Balaban J connectivity index is 1.72. The van der Waals surface area contributed by atoms with E-state index in [9.17, 15) is 19.5 Å². The zero-order valence-corrected chi connectivity index (χ0v) is 25.1. The van der Waals surface area contributed by atoms with E-state index < -0.39 is 22.6 Å². The molecular weight excluding hydrogens is 548 g/mol. The monoisotopic (exact) mass is 588 g/mol. The predicted octanol–water partition coefficient (Wildman–Crippen LogP) is 5.18. The number of carbonyl (C=O) groups excluding carboxylic acids is 3. The molecule has 2 bridgehead atoms. The van der Waals surface area contributed by atoms with E-state index >= 15 is 0 Å². The lowest BCUT2D eigenvalue weighted by atomic mass is 9.66. The normalized spacial score (nSPS) is 28.4. The molecule has 1 N–H and O–H groups in total. The molecule has 1 aromatic carbocycles. The smallest absolute Gasteiger partial charge is 0.310 e. The van der Waals surface area contributed by atoms with Crippen molar-refractivity contribution >= 4 is 46.8 Å². The van der Waals surface area contributed by atoms with Crippen LogP contribution in [0.25, 0.3) is 0 Å². The Labute approximate surface area is 246 Å². The van der Waals surface area contributed by atoms with E-state index in [1.165, 1.54) is 0 Å². The van der Waals surface area contributed by atoms with Crippen molar-refractivity contribution in [3.63, 3.8) is 0 Å². The van der Waals surface area contributed by atoms with Crippen LogP contribution >= 0.6 is 23.4 Å². The fourth-order valence-corrected chi connectivity index (χ4v) is 9.62. The second kappa shape index (κ2) is 13.1. The number of likely N-dealkylation sites (tertiary alicyclic amines) is 1. The van der Waals surface area contributed by atoms with Crippen LogP contribution in [0.2, 0.25) is 5.02 Å². The van der Waals surface area contributed by atoms with E-state index in [-0.39, 0.29) is 42.1 Å². The van der Waals surface area contributed by atoms with Crippen LogP contribution in [-0.4, -0.2) is 70.1 Å². The van der Waals surface area contributed by atoms with Crippen LogP contribution in [0, 0.1) is 24.7 Å². The van der Waals surface area contributed by atoms with Crippen LogP contribution in [0.3, 0.4) is 0 Å². The van der Waals surface area contributed by atoms with Crippen LogP contribution in [-0.2, 0) is 19.1 Å². The summed E-state index contributed by atoms with van der Waals surface area (Å²) in [5.74, 6) is -1.89. The molecule has 3 fully saturated rings. The van der Waals surface area contributed by atoms with E-state index in [4.69, 9.17) is 16.3 Å². The van der Waals surface area contributed by atoms with Gasteiger partial charge >= 0.3 is 5.97 Å². The molecule has 3 saturated heterocycles. The molecule has 0 saturated carbocycles. The van der Waals surface area contributed by atoms with E-state index in [1.54, 1.807) is 33.7 Å². The number of esters is 1. The third-order valence-electron chi connectivity index (χ3n) is 8.64. The van der Waals surface area contributed by atoms with E-state index in [0.717, 1.165) is 31.2 Å². The van der Waals surface area contributed by atoms with Gasteiger partial charge < -0.3 is 19.6 Å². The summed E-state index contributed by atoms with van der Waals surface area (Å²) in [5.41, 5.74) is 1.46. The van der Waals surface area contributed by atoms with Crippen LogP contribution in [0.1, 0.15) is 51.0 Å². The first-order valence-corrected chi connectivity index (χ1v) is 15.5. The summed E-state index contributed by atoms with van der Waals surface area (Å²) >= 11 is 8.26. The largest absolute Gasteiger partial charge is 0.465 e. The molecule has 1 aromatic rings. The quantitative estimate of drug-likeness (QED) is 0.183. The molecule has 3 heterocycles. The van der Waals surface area contributed by atoms with Crippen molar-refractivity contribution in [1.82, 2.24) is 4.90 Å². The molecule has 2 amide bonds. The number of aliphatic hydroxyl groups excluding tert-OH is 1. The van der Waals surface area contributed by atoms with Crippen molar-refractivity contribution in [1.29, 1.82) is 0 Å². The Kier molecular flexibility index (Phi) is 10.1. The minimum absolute atomic E-state index is 0.00462. The highest BCUT2D eigenvalue weighted by Gasteiger charge is 2.76. The number of aryl methyl sites for hydroxylation is 1. The molecule has 7 nitrogen and oxygen atoms in total. The van der Waals surface area contributed by atoms with Gasteiger partial charge in [0.15, 0.2) is 0 Å². The van der Waals surface area contributed by atoms with Crippen molar-refractivity contribution < 1.29 is 24.2 Å². The number of halogens is 1. The molecule has 3 aliphatic rings. The zero-order chi connectivity index (χ0) is 29.0. The molecule has 218 valence electrons. The number of aliphatic hydroxyl groups is 1. The summed E-state index contributed by atoms with van der Waals surface area (Å²) in [4.78, 5) is 45.7. The van der Waals surface area contributed by atoms with Crippen molar-refractivity contribution in [2.75, 3.05) is 31.2 Å². The average molecular weight is 589 g/mol. The minimum Gasteiger partial charge on any atom is -0.465 e. The molecule has 4 rings (SSSR count). The number of hydrogen-bond acceptors (Lipinski definition) is 6. The first kappa shape index (κ1) is 30.7. The number of hydrogen-bond donors (Lipinski definition) is 1. The molecular formula is C31H41ClN2O5S. The molecule has 1 spiro atoms. The lowest BCUT2D eigenvalue weighted by Crippen LogP contribution is -2.57. The first-order valence-electron chi connectivity index (χ1n) is 14.3. The topological polar surface area (TPSA) is 87.1 Å². The zero-order valence-electron chi connectivity index (χ0n) is 23.5. The number of allylic oxidation sites excluding steroid dienone is 1. The maximum Gasteiger partial charge on any atom is 0.310 e. The number of thioether (sulfide) groups is 1. The number of benzene rings is 1. The van der Waals surface area contributed by atoms with Crippen LogP contribution in [0.4, 0.5) is 5.69 Å². The molecule has 3 unspecified atom stereocenters. The highest BCUT2D eigenvalue weighted by molar-refractivity contribution is 8.02. The van der Waals surface area contributed by atoms with Gasteiger partial charge in [-0.3, -0.25) is 14.4 Å². The van der Waals surface area contributed by atoms with Crippen LogP contribution in [0.5, 0.6) is 0 Å². The third kappa shape index (κ3) is 5.35. The van der Waals surface area contributed by atoms with Crippen LogP contribution in [0.15, 0.2) is 43.5 Å². The lowest BCUT2D eigenvalue weighted by molar-refractivity contribution is -0.154. The summed E-state index contributed by atoms with van der Waals surface area (Å²) in [5, 5.41) is 9.81. The minimum atomic E-state index is -0.769. The van der Waals surface area contributed by atoms with Crippen molar-refractivity contribution in [3.05, 3.63) is 54.1 Å². The van der Waals surface area contributed by atoms with Gasteiger partial charge in [-0.15, -0.1) is 24.9 Å². The summed E-state index contributed by atoms with van der Waals surface area (Å²) in [6.45, 7) is 12.5. The number of fused-ring (bicyclic) bond motifs is 1. The number of carbonyl (C=O) groups is 3. The Morgan fingerprint density at radius 1 is 1.25 bits per heavy atom. The molecule has 0 aliphatic carbocycles. The Morgan fingerprint density at radius 3 is 2.70 bits per heavy atom. The Hall–Kier alpha value is -2.29. The average Bonchev–Trinajstić information content (AvgIpc) is 3.51. The van der Waals surface area contributed by atoms with Crippen molar-refractivity contribution in [3.8, 4) is 0 Å². The van der Waals surface area contributed by atoms with Crippen molar-refractivity contribution in [2.24, 2.45) is 17.8 Å². The number of nitrogens with zero attached hydrogens (tertiary/aromatic N) is 2. The molecule has 6 atom stereocenters. The summed E-state index contributed by atoms with van der Waals surface area (Å²) in [7, 11) is 0. The van der Waals surface area contributed by atoms with Gasteiger partial charge in [0.25, 0.3) is 5.91 Å². The van der Waals surface area contributed by atoms with E-state index in [2.05, 4.69) is 20.1 Å². The van der Waals surface area contributed by atoms with Gasteiger partial charge in [-0.05, 0) is 63.0 Å². The maximum absolute atomic E-state index is 14.7. The fourth-order valence-electron chi connectivity index (χ4n) is 6.89. The summed E-state index contributed by atoms with van der Waals surface area (Å²) in [6.07, 6.45) is 7.82. The fraction of sp³-hybridized carbons (Fsp3) is 0.581. The first-order chi connectivity index (χ1) is 19.2. The van der Waals surface area contributed by atoms with Gasteiger partial charge in [-0.25, -0.2) is 0 Å². The molecule has 9 heteroatoms. The number of amides is 2. The maximum atomic E-state index is 14.7. The highest BCUT2D eigenvalue weighted by atomic mass is 35.5. The molecule has 0 radical (unpaired) electrons. The van der Waals surface area contributed by atoms with Gasteiger partial charge in [0.2, 0.25) is 5.91 Å². The highest BCUT2D eigenvalue weighted by Crippen LogP contribution is 2.69. The number of rotatable bonds is 14. The third-order valence-corrected chi connectivity index (χ3v) is 11.0. The number of anilines is 1. The summed E-state index contributed by atoms with van der Waals surface area (Å²) < 4.78 is 4.96. The lowest BCUT2D eigenvalue weighted by Gasteiger charge is -2.40. The van der Waals surface area contributed by atoms with Crippen molar-refractivity contribution in [2.45, 2.75) is 68.4 Å². The number of ether oxygens (including phenoxy) is 1. The molecule has 0 aromatic heterocycles. The van der Waals surface area contributed by atoms with Gasteiger partial charge in [0, 0.05) is 24.9 Å².